The standard InChI is InChI=1S/C29H35N5O4S/c1-19-17-29(2,3)33(18-19)27-23(28(35)32-39(36,37)22-7-5-4-6-8-22)11-12-25(30-27)34-14-13-26(31-34)38-24-16-20-9-10-21(24)15-20/h4-8,11-14,19-21,24H,9-10,15-18H2,1-3H3,(H,32,35)/t19-,20-,21+,24-/m0/s1. The van der Waals surface area contributed by atoms with E-state index >= 15 is 0 Å². The molecule has 3 heterocycles. The number of sulfonamides is 1. The van der Waals surface area contributed by atoms with E-state index in [9.17, 15) is 13.2 Å². The van der Waals surface area contributed by atoms with Gasteiger partial charge in [0.15, 0.2) is 5.82 Å². The average Bonchev–Trinajstić information content (AvgIpc) is 3.68. The van der Waals surface area contributed by atoms with Crippen LogP contribution in [0.15, 0.2) is 59.6 Å². The van der Waals surface area contributed by atoms with Gasteiger partial charge in [0.1, 0.15) is 11.9 Å². The number of hydrogen-bond acceptors (Lipinski definition) is 7. The van der Waals surface area contributed by atoms with Gasteiger partial charge in [-0.2, -0.15) is 0 Å². The van der Waals surface area contributed by atoms with Crippen LogP contribution >= 0.6 is 0 Å². The van der Waals surface area contributed by atoms with Crippen LogP contribution in [0.5, 0.6) is 5.88 Å². The third-order valence-electron chi connectivity index (χ3n) is 8.46. The molecule has 1 saturated heterocycles. The van der Waals surface area contributed by atoms with Crippen molar-refractivity contribution < 1.29 is 17.9 Å². The molecule has 10 heteroatoms. The lowest BCUT2D eigenvalue weighted by molar-refractivity contribution is 0.0981. The molecule has 1 aliphatic heterocycles. The molecule has 3 aromatic rings. The Kier molecular flexibility index (Phi) is 6.40. The summed E-state index contributed by atoms with van der Waals surface area (Å²) in [6, 6.07) is 13.0. The van der Waals surface area contributed by atoms with Crippen LogP contribution in [0.3, 0.4) is 0 Å². The zero-order valence-corrected chi connectivity index (χ0v) is 23.4. The molecule has 2 aromatic heterocycles. The molecule has 0 unspecified atom stereocenters. The first kappa shape index (κ1) is 25.9. The van der Waals surface area contributed by atoms with Crippen LogP contribution < -0.4 is 14.4 Å². The zero-order chi connectivity index (χ0) is 27.4. The van der Waals surface area contributed by atoms with Crippen LogP contribution in [0.4, 0.5) is 5.82 Å². The van der Waals surface area contributed by atoms with Gasteiger partial charge in [0.05, 0.1) is 10.5 Å². The molecule has 206 valence electrons. The minimum Gasteiger partial charge on any atom is -0.473 e. The molecule has 1 N–H and O–H groups in total. The number of nitrogens with one attached hydrogen (secondary N) is 1. The number of carbonyl (C=O) groups excluding carboxylic acids is 1. The van der Waals surface area contributed by atoms with Crippen molar-refractivity contribution in [1.29, 1.82) is 0 Å². The molecule has 9 nitrogen and oxygen atoms in total. The van der Waals surface area contributed by atoms with Crippen LogP contribution in [0, 0.1) is 17.8 Å². The number of pyridine rings is 1. The van der Waals surface area contributed by atoms with Crippen molar-refractivity contribution >= 4 is 21.7 Å². The summed E-state index contributed by atoms with van der Waals surface area (Å²) in [6.45, 7) is 7.09. The molecular weight excluding hydrogens is 514 g/mol. The molecule has 0 spiro atoms. The van der Waals surface area contributed by atoms with Gasteiger partial charge in [-0.3, -0.25) is 4.79 Å². The second-order valence-electron chi connectivity index (χ2n) is 12.0. The van der Waals surface area contributed by atoms with Crippen LogP contribution in [0.1, 0.15) is 63.2 Å². The van der Waals surface area contributed by atoms with Crippen molar-refractivity contribution in [3.8, 4) is 11.7 Å². The lowest BCUT2D eigenvalue weighted by Crippen LogP contribution is -2.41. The number of carbonyl (C=O) groups is 1. The van der Waals surface area contributed by atoms with Crippen molar-refractivity contribution in [3.05, 3.63) is 60.3 Å². The van der Waals surface area contributed by atoms with Crippen LogP contribution in [-0.4, -0.2) is 47.3 Å². The van der Waals surface area contributed by atoms with Gasteiger partial charge in [0.2, 0.25) is 5.88 Å². The highest BCUT2D eigenvalue weighted by Gasteiger charge is 2.41. The maximum atomic E-state index is 13.4. The molecule has 3 fully saturated rings. The molecular formula is C29H35N5O4S. The van der Waals surface area contributed by atoms with Gasteiger partial charge in [-0.1, -0.05) is 25.1 Å². The van der Waals surface area contributed by atoms with Crippen molar-refractivity contribution in [1.82, 2.24) is 19.5 Å². The van der Waals surface area contributed by atoms with Crippen LogP contribution in [0.2, 0.25) is 0 Å². The van der Waals surface area contributed by atoms with Crippen LogP contribution in [0.25, 0.3) is 5.82 Å². The number of fused-ring (bicyclic) bond motifs is 2. The maximum Gasteiger partial charge on any atom is 0.268 e. The van der Waals surface area contributed by atoms with Gasteiger partial charge in [0, 0.05) is 24.3 Å². The van der Waals surface area contributed by atoms with Crippen molar-refractivity contribution in [2.24, 2.45) is 17.8 Å². The highest BCUT2D eigenvalue weighted by atomic mass is 32.2. The normalized spacial score (nSPS) is 25.7. The summed E-state index contributed by atoms with van der Waals surface area (Å²) in [5, 5.41) is 4.64. The molecule has 2 bridgehead atoms. The molecule has 2 saturated carbocycles. The minimum atomic E-state index is -4.04. The average molecular weight is 550 g/mol. The van der Waals surface area contributed by atoms with E-state index in [0.717, 1.165) is 18.8 Å². The molecule has 6 rings (SSSR count). The first-order chi connectivity index (χ1) is 18.6. The highest BCUT2D eigenvalue weighted by molar-refractivity contribution is 7.90. The summed E-state index contributed by atoms with van der Waals surface area (Å²) in [6.07, 6.45) is 7.84. The fraction of sp³-hybridized carbons (Fsp3) is 0.483. The van der Waals surface area contributed by atoms with Gasteiger partial charge >= 0.3 is 0 Å². The Hall–Kier alpha value is -3.40. The molecule has 3 aliphatic rings. The first-order valence-electron chi connectivity index (χ1n) is 13.7. The molecule has 0 radical (unpaired) electrons. The predicted octanol–water partition coefficient (Wildman–Crippen LogP) is 4.58. The summed E-state index contributed by atoms with van der Waals surface area (Å²) in [4.78, 5) is 20.4. The number of hydrogen-bond donors (Lipinski definition) is 1. The Morgan fingerprint density at radius 2 is 1.87 bits per heavy atom. The van der Waals surface area contributed by atoms with E-state index in [-0.39, 0.29) is 22.1 Å². The first-order valence-corrected chi connectivity index (χ1v) is 15.2. The summed E-state index contributed by atoms with van der Waals surface area (Å²) in [5.41, 5.74) is -0.0653. The van der Waals surface area contributed by atoms with E-state index in [1.807, 2.05) is 12.3 Å². The second-order valence-corrected chi connectivity index (χ2v) is 13.6. The molecule has 39 heavy (non-hydrogen) atoms. The predicted molar refractivity (Wildman–Crippen MR) is 148 cm³/mol. The Bertz CT molecular complexity index is 1490. The van der Waals surface area contributed by atoms with Crippen molar-refractivity contribution in [3.63, 3.8) is 0 Å². The van der Waals surface area contributed by atoms with Crippen LogP contribution in [-0.2, 0) is 10.0 Å². The monoisotopic (exact) mass is 549 g/mol. The second kappa shape index (κ2) is 9.66. The third kappa shape index (κ3) is 5.02. The van der Waals surface area contributed by atoms with Crippen molar-refractivity contribution in [2.45, 2.75) is 69.4 Å². The van der Waals surface area contributed by atoms with Crippen molar-refractivity contribution in [2.75, 3.05) is 11.4 Å². The van der Waals surface area contributed by atoms with E-state index in [1.165, 1.54) is 31.4 Å². The van der Waals surface area contributed by atoms with E-state index in [0.29, 0.717) is 35.9 Å². The van der Waals surface area contributed by atoms with E-state index in [1.54, 1.807) is 35.0 Å². The molecule has 1 aromatic carbocycles. The number of ether oxygens (including phenoxy) is 1. The number of anilines is 1. The fourth-order valence-corrected chi connectivity index (χ4v) is 7.71. The number of benzene rings is 1. The summed E-state index contributed by atoms with van der Waals surface area (Å²) < 4.78 is 36.0. The van der Waals surface area contributed by atoms with Gasteiger partial charge in [-0.05, 0) is 88.0 Å². The number of nitrogens with zero attached hydrogens (tertiary/aromatic N) is 4. The van der Waals surface area contributed by atoms with E-state index < -0.39 is 15.9 Å². The third-order valence-corrected chi connectivity index (χ3v) is 9.81. The highest BCUT2D eigenvalue weighted by Crippen LogP contribution is 2.46. The topological polar surface area (TPSA) is 106 Å². The lowest BCUT2D eigenvalue weighted by atomic mass is 9.97. The quantitative estimate of drug-likeness (QED) is 0.460. The summed E-state index contributed by atoms with van der Waals surface area (Å²) in [5.74, 6) is 2.61. The number of aromatic nitrogens is 3. The Morgan fingerprint density at radius 1 is 1.08 bits per heavy atom. The van der Waals surface area contributed by atoms with E-state index in [2.05, 4.69) is 35.5 Å². The molecule has 4 atom stereocenters. The van der Waals surface area contributed by atoms with Gasteiger partial charge in [-0.25, -0.2) is 22.8 Å². The minimum absolute atomic E-state index is 0.0270. The van der Waals surface area contributed by atoms with E-state index in [4.69, 9.17) is 9.72 Å². The summed E-state index contributed by atoms with van der Waals surface area (Å²) >= 11 is 0. The number of rotatable bonds is 7. The zero-order valence-electron chi connectivity index (χ0n) is 22.6. The Morgan fingerprint density at radius 3 is 2.54 bits per heavy atom. The smallest absolute Gasteiger partial charge is 0.268 e. The Balaban J connectivity index is 1.31. The number of amides is 1. The van der Waals surface area contributed by atoms with Gasteiger partial charge in [0.25, 0.3) is 15.9 Å². The molecule has 2 aliphatic carbocycles. The lowest BCUT2D eigenvalue weighted by Gasteiger charge is -2.34. The fourth-order valence-electron chi connectivity index (χ4n) is 6.73. The van der Waals surface area contributed by atoms with Gasteiger partial charge < -0.3 is 9.64 Å². The SMILES string of the molecule is C[C@@H]1CN(c2nc(-n3ccc(O[C@H]4C[C@H]5CC[C@@H]4C5)n3)ccc2C(=O)NS(=O)(=O)c2ccccc2)C(C)(C)C1. The summed E-state index contributed by atoms with van der Waals surface area (Å²) in [7, 11) is -4.04. The van der Waals surface area contributed by atoms with Gasteiger partial charge in [-0.15, -0.1) is 5.10 Å². The molecule has 1 amide bonds. The largest absolute Gasteiger partial charge is 0.473 e. The maximum absolute atomic E-state index is 13.4. The Labute approximate surface area is 229 Å².